The number of benzene rings is 2. The van der Waals surface area contributed by atoms with E-state index >= 15 is 4.39 Å². The molecule has 3 N–H and O–H groups in total. The first-order valence-corrected chi connectivity index (χ1v) is 17.4. The van der Waals surface area contributed by atoms with Crippen LogP contribution in [0.2, 0.25) is 5.02 Å². The third-order valence-electron chi connectivity index (χ3n) is 10.7. The number of piperazine rings is 1. The number of nitrogen functional groups attached to an aromatic ring is 1. The van der Waals surface area contributed by atoms with Gasteiger partial charge in [0.05, 0.1) is 26.4 Å². The number of thiophene rings is 1. The quantitative estimate of drug-likeness (QED) is 0.189. The topological polar surface area (TPSA) is 103 Å². The van der Waals surface area contributed by atoms with Crippen LogP contribution in [-0.4, -0.2) is 71.2 Å². The summed E-state index contributed by atoms with van der Waals surface area (Å²) < 4.78 is 93.0. The summed E-state index contributed by atoms with van der Waals surface area (Å²) in [6, 6.07) is 5.54. The summed E-state index contributed by atoms with van der Waals surface area (Å²) in [5, 5.41) is 13.4. The molecule has 4 fully saturated rings. The van der Waals surface area contributed by atoms with Crippen molar-refractivity contribution < 1.29 is 31.1 Å². The van der Waals surface area contributed by atoms with E-state index in [1.54, 1.807) is 4.90 Å². The average Bonchev–Trinajstić information content (AvgIpc) is 3.80. The highest BCUT2D eigenvalue weighted by molar-refractivity contribution is 7.23. The maximum Gasteiger partial charge on any atom is 0.319 e. The van der Waals surface area contributed by atoms with Crippen molar-refractivity contribution in [1.82, 2.24) is 20.2 Å². The van der Waals surface area contributed by atoms with Crippen LogP contribution in [0.3, 0.4) is 0 Å². The number of hydrogen-bond donors (Lipinski definition) is 2. The highest BCUT2D eigenvalue weighted by atomic mass is 35.5. The predicted molar refractivity (Wildman–Crippen MR) is 179 cm³/mol. The molecule has 2 aromatic carbocycles. The van der Waals surface area contributed by atoms with Crippen LogP contribution in [0, 0.1) is 28.9 Å². The standard InChI is InChI=1S/C34H30ClF6N7OS/c35-21-8-19-27(26(39)25(21)18-2-3-22(36)28-24(18)20(11-42)30(43)50-28)44-32(49-15-34-5-1-7-48(34)12-16(9-34)29(40)41)45-31(19)47-13-17-4-6-33(14-47,46-17)10-23(37)38/h2-3,8,10,16-17,29,46H,1,4-7,9,12-15,43H2/t16?,17-,33?,34+/m1/s1. The van der Waals surface area contributed by atoms with Crippen molar-refractivity contribution in [3.05, 3.63) is 52.6 Å². The van der Waals surface area contributed by atoms with Crippen LogP contribution in [0.1, 0.15) is 37.7 Å². The van der Waals surface area contributed by atoms with Crippen molar-refractivity contribution in [2.75, 3.05) is 43.4 Å². The number of fused-ring (bicyclic) bond motifs is 5. The summed E-state index contributed by atoms with van der Waals surface area (Å²) >= 11 is 7.67. The molecular weight excluding hydrogens is 704 g/mol. The molecule has 2 aromatic heterocycles. The first kappa shape index (κ1) is 33.3. The molecule has 2 bridgehead atoms. The van der Waals surface area contributed by atoms with Crippen LogP contribution >= 0.6 is 22.9 Å². The van der Waals surface area contributed by atoms with E-state index in [9.17, 15) is 27.2 Å². The van der Waals surface area contributed by atoms with Gasteiger partial charge in [-0.05, 0) is 56.3 Å². The van der Waals surface area contributed by atoms with Crippen LogP contribution < -0.4 is 20.7 Å². The van der Waals surface area contributed by atoms with Crippen molar-refractivity contribution in [3.8, 4) is 23.2 Å². The number of hydrogen-bond acceptors (Lipinski definition) is 9. The van der Waals surface area contributed by atoms with Crippen LogP contribution in [0.4, 0.5) is 37.2 Å². The molecular formula is C34H30ClF6N7OS. The second-order valence-electron chi connectivity index (χ2n) is 13.7. The number of alkyl halides is 2. The summed E-state index contributed by atoms with van der Waals surface area (Å²) in [6.45, 7) is 1.33. The molecule has 4 atom stereocenters. The van der Waals surface area contributed by atoms with E-state index in [1.165, 1.54) is 12.1 Å². The predicted octanol–water partition coefficient (Wildman–Crippen LogP) is 7.49. The number of nitriles is 1. The molecule has 8 rings (SSSR count). The van der Waals surface area contributed by atoms with E-state index < -0.39 is 41.1 Å². The third kappa shape index (κ3) is 5.34. The number of rotatable bonds is 7. The van der Waals surface area contributed by atoms with Crippen molar-refractivity contribution in [1.29, 1.82) is 5.26 Å². The Bertz CT molecular complexity index is 2120. The van der Waals surface area contributed by atoms with Crippen molar-refractivity contribution in [2.45, 2.75) is 55.6 Å². The molecule has 8 nitrogen and oxygen atoms in total. The molecule has 4 saturated heterocycles. The molecule has 6 heterocycles. The van der Waals surface area contributed by atoms with Crippen molar-refractivity contribution >= 4 is 54.7 Å². The Morgan fingerprint density at radius 3 is 2.82 bits per heavy atom. The van der Waals surface area contributed by atoms with Crippen molar-refractivity contribution in [2.24, 2.45) is 5.92 Å². The Labute approximate surface area is 291 Å². The summed E-state index contributed by atoms with van der Waals surface area (Å²) in [5.41, 5.74) is 4.10. The van der Waals surface area contributed by atoms with Gasteiger partial charge < -0.3 is 20.7 Å². The Morgan fingerprint density at radius 1 is 1.24 bits per heavy atom. The molecule has 0 aliphatic carbocycles. The monoisotopic (exact) mass is 733 g/mol. The van der Waals surface area contributed by atoms with E-state index in [0.29, 0.717) is 32.4 Å². The lowest BCUT2D eigenvalue weighted by atomic mass is 9.91. The van der Waals surface area contributed by atoms with Crippen LogP contribution in [0.5, 0.6) is 6.01 Å². The van der Waals surface area contributed by atoms with Crippen molar-refractivity contribution in [3.63, 3.8) is 0 Å². The fourth-order valence-corrected chi connectivity index (χ4v) is 9.85. The molecule has 4 aliphatic heterocycles. The van der Waals surface area contributed by atoms with Gasteiger partial charge >= 0.3 is 6.01 Å². The van der Waals surface area contributed by atoms with E-state index in [0.717, 1.165) is 29.9 Å². The zero-order chi connectivity index (χ0) is 35.1. The second kappa shape index (κ2) is 12.1. The smallest absolute Gasteiger partial charge is 0.319 e. The maximum atomic E-state index is 17.1. The Kier molecular flexibility index (Phi) is 8.09. The molecule has 50 heavy (non-hydrogen) atoms. The van der Waals surface area contributed by atoms with Gasteiger partial charge in [0, 0.05) is 54.0 Å². The van der Waals surface area contributed by atoms with Gasteiger partial charge in [0.25, 0.3) is 6.08 Å². The van der Waals surface area contributed by atoms with Gasteiger partial charge in [-0.25, -0.2) is 17.6 Å². The summed E-state index contributed by atoms with van der Waals surface area (Å²) in [5.74, 6) is -2.13. The molecule has 4 aromatic rings. The molecule has 4 aliphatic rings. The highest BCUT2D eigenvalue weighted by Crippen LogP contribution is 2.47. The second-order valence-corrected chi connectivity index (χ2v) is 15.2. The van der Waals surface area contributed by atoms with E-state index in [4.69, 9.17) is 27.1 Å². The van der Waals surface area contributed by atoms with Gasteiger partial charge in [-0.1, -0.05) is 17.7 Å². The lowest BCUT2D eigenvalue weighted by molar-refractivity contribution is 0.0783. The first-order valence-electron chi connectivity index (χ1n) is 16.2. The molecule has 0 amide bonds. The first-order chi connectivity index (χ1) is 23.9. The average molecular weight is 734 g/mol. The number of nitrogens with two attached hydrogens (primary N) is 1. The number of ether oxygens (including phenoxy) is 1. The number of nitrogens with zero attached hydrogens (tertiary/aromatic N) is 5. The number of anilines is 2. The molecule has 262 valence electrons. The van der Waals surface area contributed by atoms with Crippen LogP contribution in [0.25, 0.3) is 32.1 Å². The maximum absolute atomic E-state index is 17.1. The van der Waals surface area contributed by atoms with Crippen LogP contribution in [-0.2, 0) is 0 Å². The Morgan fingerprint density at radius 2 is 2.06 bits per heavy atom. The largest absolute Gasteiger partial charge is 0.461 e. The summed E-state index contributed by atoms with van der Waals surface area (Å²) in [6.07, 6.45) is -0.647. The van der Waals surface area contributed by atoms with Gasteiger partial charge in [-0.3, -0.25) is 4.90 Å². The van der Waals surface area contributed by atoms with E-state index in [-0.39, 0.29) is 91.7 Å². The Balaban J connectivity index is 1.28. The summed E-state index contributed by atoms with van der Waals surface area (Å²) in [4.78, 5) is 13.0. The minimum Gasteiger partial charge on any atom is -0.461 e. The zero-order valence-corrected chi connectivity index (χ0v) is 28.0. The number of nitrogens with one attached hydrogen (secondary N) is 1. The number of aromatic nitrogens is 2. The minimum absolute atomic E-state index is 0.00849. The van der Waals surface area contributed by atoms with E-state index in [1.807, 2.05) is 11.0 Å². The Hall–Kier alpha value is -3.84. The minimum atomic E-state index is -2.48. The lowest BCUT2D eigenvalue weighted by Crippen LogP contribution is -2.59. The fraction of sp³-hybridized carbons (Fsp3) is 0.441. The van der Waals surface area contributed by atoms with Crippen LogP contribution in [0.15, 0.2) is 30.4 Å². The molecule has 2 unspecified atom stereocenters. The van der Waals surface area contributed by atoms with Gasteiger partial charge in [0.2, 0.25) is 6.43 Å². The molecule has 0 saturated carbocycles. The highest BCUT2D eigenvalue weighted by Gasteiger charge is 2.51. The summed E-state index contributed by atoms with van der Waals surface area (Å²) in [7, 11) is 0. The zero-order valence-electron chi connectivity index (χ0n) is 26.4. The normalized spacial score (nSPS) is 26.3. The molecule has 16 heteroatoms. The number of halogens is 7. The van der Waals surface area contributed by atoms with Gasteiger partial charge in [0.1, 0.15) is 34.8 Å². The fourth-order valence-electron chi connectivity index (χ4n) is 8.60. The van der Waals surface area contributed by atoms with Gasteiger partial charge in [0.15, 0.2) is 5.82 Å². The van der Waals surface area contributed by atoms with Gasteiger partial charge in [-0.2, -0.15) is 24.0 Å². The molecule has 0 spiro atoms. The SMILES string of the molecule is N#Cc1c(N)sc2c(F)ccc(-c3c(Cl)cc4c(N5C[C@H]6CCC(C=C(F)F)(C5)N6)nc(OC[C@@]56CCCN5CC(C(F)F)C6)nc4c3F)c12. The molecule has 0 radical (unpaired) electrons. The van der Waals surface area contributed by atoms with Gasteiger partial charge in [-0.15, -0.1) is 11.3 Å². The third-order valence-corrected chi connectivity index (χ3v) is 12.1. The lowest BCUT2D eigenvalue weighted by Gasteiger charge is -2.40. The van der Waals surface area contributed by atoms with E-state index in [2.05, 4.69) is 10.3 Å².